The van der Waals surface area contributed by atoms with Crippen molar-refractivity contribution in [1.82, 2.24) is 4.90 Å². The first-order valence-electron chi connectivity index (χ1n) is 6.24. The van der Waals surface area contributed by atoms with Gasteiger partial charge in [-0.2, -0.15) is 0 Å². The second-order valence-corrected chi connectivity index (χ2v) is 5.30. The van der Waals surface area contributed by atoms with E-state index >= 15 is 0 Å². The largest absolute Gasteiger partial charge is 0.368 e. The van der Waals surface area contributed by atoms with Gasteiger partial charge in [-0.1, -0.05) is 20.3 Å². The van der Waals surface area contributed by atoms with Gasteiger partial charge in [0.15, 0.2) is 0 Å². The van der Waals surface area contributed by atoms with Crippen LogP contribution in [-0.2, 0) is 4.79 Å². The second kappa shape index (κ2) is 5.64. The van der Waals surface area contributed by atoms with Crippen LogP contribution in [0.4, 0.5) is 0 Å². The Morgan fingerprint density at radius 3 is 2.44 bits per heavy atom. The van der Waals surface area contributed by atoms with Crippen molar-refractivity contribution >= 4 is 5.91 Å². The Kier molecular flexibility index (Phi) is 4.74. The van der Waals surface area contributed by atoms with Crippen molar-refractivity contribution in [2.24, 2.45) is 16.9 Å². The van der Waals surface area contributed by atoms with Gasteiger partial charge >= 0.3 is 0 Å². The molecule has 4 nitrogen and oxygen atoms in total. The number of nitrogens with two attached hydrogens (primary N) is 2. The van der Waals surface area contributed by atoms with E-state index in [1.807, 2.05) is 0 Å². The van der Waals surface area contributed by atoms with Crippen molar-refractivity contribution in [3.05, 3.63) is 0 Å². The normalized spacial score (nSPS) is 22.9. The van der Waals surface area contributed by atoms with Crippen LogP contribution in [0.5, 0.6) is 0 Å². The molecule has 1 heterocycles. The van der Waals surface area contributed by atoms with Gasteiger partial charge in [-0.05, 0) is 37.8 Å². The first-order valence-corrected chi connectivity index (χ1v) is 6.24. The second-order valence-electron chi connectivity index (χ2n) is 5.30. The van der Waals surface area contributed by atoms with Crippen molar-refractivity contribution in [2.75, 3.05) is 19.6 Å². The number of carbonyl (C=O) groups excluding carboxylic acids is 1. The van der Waals surface area contributed by atoms with Crippen LogP contribution in [0.2, 0.25) is 0 Å². The molecule has 1 amide bonds. The number of hydrogen-bond donors (Lipinski definition) is 2. The Bertz CT molecular complexity index is 234. The summed E-state index contributed by atoms with van der Waals surface area (Å²) in [4.78, 5) is 13.2. The van der Waals surface area contributed by atoms with Gasteiger partial charge in [0.25, 0.3) is 0 Å². The number of hydrogen-bond acceptors (Lipinski definition) is 3. The zero-order valence-corrected chi connectivity index (χ0v) is 10.5. The fourth-order valence-electron chi connectivity index (χ4n) is 2.13. The third kappa shape index (κ3) is 3.76. The monoisotopic (exact) mass is 227 g/mol. The highest BCUT2D eigenvalue weighted by Gasteiger charge is 2.28. The average Bonchev–Trinajstić information content (AvgIpc) is 2.28. The number of carbonyl (C=O) groups is 1. The van der Waals surface area contributed by atoms with Gasteiger partial charge in [-0.25, -0.2) is 0 Å². The Balaban J connectivity index is 2.25. The number of piperidine rings is 1. The maximum Gasteiger partial charge on any atom is 0.234 e. The van der Waals surface area contributed by atoms with Gasteiger partial charge in [0.1, 0.15) is 0 Å². The van der Waals surface area contributed by atoms with E-state index in [-0.39, 0.29) is 0 Å². The summed E-state index contributed by atoms with van der Waals surface area (Å²) in [7, 11) is 0. The van der Waals surface area contributed by atoms with Gasteiger partial charge in [-0.15, -0.1) is 0 Å². The van der Waals surface area contributed by atoms with Crippen LogP contribution in [-0.4, -0.2) is 36.5 Å². The molecule has 0 aromatic rings. The topological polar surface area (TPSA) is 72.3 Å². The minimum atomic E-state index is -0.487. The molecule has 94 valence electrons. The smallest absolute Gasteiger partial charge is 0.234 e. The summed E-state index contributed by atoms with van der Waals surface area (Å²) in [6, 6.07) is -0.487. The Morgan fingerprint density at radius 2 is 2.00 bits per heavy atom. The fraction of sp³-hybridized carbons (Fsp3) is 0.917. The fourth-order valence-corrected chi connectivity index (χ4v) is 2.13. The molecule has 1 unspecified atom stereocenters. The molecule has 1 aliphatic rings. The summed E-state index contributed by atoms with van der Waals surface area (Å²) in [5.41, 5.74) is 11.3. The lowest BCUT2D eigenvalue weighted by Gasteiger charge is -2.39. The first-order chi connectivity index (χ1) is 7.47. The molecule has 0 radical (unpaired) electrons. The molecule has 1 saturated heterocycles. The van der Waals surface area contributed by atoms with Crippen LogP contribution in [0.25, 0.3) is 0 Å². The molecule has 1 fully saturated rings. The Morgan fingerprint density at radius 1 is 1.44 bits per heavy atom. The maximum absolute atomic E-state index is 10.8. The highest BCUT2D eigenvalue weighted by Crippen LogP contribution is 2.33. The van der Waals surface area contributed by atoms with Crippen LogP contribution in [0.15, 0.2) is 0 Å². The molecule has 0 aromatic heterocycles. The molecule has 1 aliphatic heterocycles. The number of amides is 1. The predicted octanol–water partition coefficient (Wildman–Crippen LogP) is 0.701. The van der Waals surface area contributed by atoms with E-state index in [2.05, 4.69) is 18.7 Å². The lowest BCUT2D eigenvalue weighted by atomic mass is 9.78. The SMILES string of the molecule is CCC1(C)CCN(CCC(N)C(N)=O)CC1. The number of rotatable bonds is 5. The van der Waals surface area contributed by atoms with E-state index in [0.717, 1.165) is 19.6 Å². The summed E-state index contributed by atoms with van der Waals surface area (Å²) in [6.07, 6.45) is 4.42. The lowest BCUT2D eigenvalue weighted by molar-refractivity contribution is -0.119. The van der Waals surface area contributed by atoms with Crippen molar-refractivity contribution in [3.63, 3.8) is 0 Å². The van der Waals surface area contributed by atoms with Crippen LogP contribution < -0.4 is 11.5 Å². The van der Waals surface area contributed by atoms with E-state index in [1.54, 1.807) is 0 Å². The van der Waals surface area contributed by atoms with Gasteiger partial charge in [0.2, 0.25) is 5.91 Å². The van der Waals surface area contributed by atoms with Crippen LogP contribution in [0.1, 0.15) is 39.5 Å². The molecule has 0 aliphatic carbocycles. The molecule has 4 heteroatoms. The van der Waals surface area contributed by atoms with E-state index < -0.39 is 11.9 Å². The molecule has 16 heavy (non-hydrogen) atoms. The first kappa shape index (κ1) is 13.5. The average molecular weight is 227 g/mol. The van der Waals surface area contributed by atoms with Crippen molar-refractivity contribution < 1.29 is 4.79 Å². The Labute approximate surface area is 98.3 Å². The molecule has 1 rings (SSSR count). The summed E-state index contributed by atoms with van der Waals surface area (Å²) >= 11 is 0. The molecular formula is C12H25N3O. The highest BCUT2D eigenvalue weighted by atomic mass is 16.1. The van der Waals surface area contributed by atoms with Gasteiger partial charge in [0.05, 0.1) is 6.04 Å². The van der Waals surface area contributed by atoms with Crippen molar-refractivity contribution in [2.45, 2.75) is 45.6 Å². The minimum absolute atomic E-state index is 0.393. The van der Waals surface area contributed by atoms with Gasteiger partial charge in [-0.3, -0.25) is 4.79 Å². The third-order valence-corrected chi connectivity index (χ3v) is 4.04. The van der Waals surface area contributed by atoms with Crippen LogP contribution >= 0.6 is 0 Å². The zero-order valence-electron chi connectivity index (χ0n) is 10.5. The Hall–Kier alpha value is -0.610. The molecule has 1 atom stereocenters. The molecule has 4 N–H and O–H groups in total. The molecular weight excluding hydrogens is 202 g/mol. The molecule has 0 spiro atoms. The van der Waals surface area contributed by atoms with E-state index in [9.17, 15) is 4.79 Å². The summed E-state index contributed by atoms with van der Waals surface area (Å²) < 4.78 is 0. The molecule has 0 bridgehead atoms. The molecule has 0 aromatic carbocycles. The van der Waals surface area contributed by atoms with Crippen molar-refractivity contribution in [3.8, 4) is 0 Å². The summed E-state index contributed by atoms with van der Waals surface area (Å²) in [5, 5.41) is 0. The van der Waals surface area contributed by atoms with Crippen LogP contribution in [0, 0.1) is 5.41 Å². The lowest BCUT2D eigenvalue weighted by Crippen LogP contribution is -2.43. The van der Waals surface area contributed by atoms with E-state index in [0.29, 0.717) is 11.8 Å². The summed E-state index contributed by atoms with van der Waals surface area (Å²) in [5.74, 6) is -0.393. The van der Waals surface area contributed by atoms with E-state index in [4.69, 9.17) is 11.5 Å². The number of primary amides is 1. The van der Waals surface area contributed by atoms with E-state index in [1.165, 1.54) is 19.3 Å². The highest BCUT2D eigenvalue weighted by molar-refractivity contribution is 5.79. The van der Waals surface area contributed by atoms with Gasteiger partial charge in [0, 0.05) is 6.54 Å². The molecule has 0 saturated carbocycles. The number of nitrogens with zero attached hydrogens (tertiary/aromatic N) is 1. The predicted molar refractivity (Wildman–Crippen MR) is 65.9 cm³/mol. The third-order valence-electron chi connectivity index (χ3n) is 4.04. The number of likely N-dealkylation sites (tertiary alicyclic amines) is 1. The quantitative estimate of drug-likeness (QED) is 0.726. The maximum atomic E-state index is 10.8. The van der Waals surface area contributed by atoms with Crippen LogP contribution in [0.3, 0.4) is 0 Å². The minimum Gasteiger partial charge on any atom is -0.368 e. The summed E-state index contributed by atoms with van der Waals surface area (Å²) in [6.45, 7) is 7.76. The van der Waals surface area contributed by atoms with Gasteiger partial charge < -0.3 is 16.4 Å². The standard InChI is InChI=1S/C12H25N3O/c1-3-12(2)5-8-15(9-6-12)7-4-10(13)11(14)16/h10H,3-9,13H2,1-2H3,(H2,14,16). The van der Waals surface area contributed by atoms with Crippen molar-refractivity contribution in [1.29, 1.82) is 0 Å². The zero-order chi connectivity index (χ0) is 12.2.